The molecule has 1 aliphatic heterocycles. The highest BCUT2D eigenvalue weighted by Crippen LogP contribution is 2.30. The van der Waals surface area contributed by atoms with Crippen molar-refractivity contribution in [2.45, 2.75) is 65.4 Å². The van der Waals surface area contributed by atoms with Crippen molar-refractivity contribution in [1.29, 1.82) is 0 Å². The average Bonchev–Trinajstić information content (AvgIpc) is 3.29. The lowest BCUT2D eigenvalue weighted by Crippen LogP contribution is -2.50. The maximum Gasteiger partial charge on any atom is 0.410 e. The highest BCUT2D eigenvalue weighted by Gasteiger charge is 2.27. The number of aromatic nitrogens is 1. The molecule has 0 saturated carbocycles. The summed E-state index contributed by atoms with van der Waals surface area (Å²) in [6.45, 7) is 10.7. The van der Waals surface area contributed by atoms with Gasteiger partial charge >= 0.3 is 12.1 Å². The number of hydrogen-bond donors (Lipinski definition) is 0. The Morgan fingerprint density at radius 1 is 1.00 bits per heavy atom. The van der Waals surface area contributed by atoms with Gasteiger partial charge < -0.3 is 19.3 Å². The van der Waals surface area contributed by atoms with E-state index in [0.29, 0.717) is 26.1 Å². The number of anilines is 1. The number of esters is 1. The number of pyridine rings is 1. The van der Waals surface area contributed by atoms with Gasteiger partial charge in [0.15, 0.2) is 0 Å². The van der Waals surface area contributed by atoms with Crippen molar-refractivity contribution in [2.24, 2.45) is 0 Å². The zero-order chi connectivity index (χ0) is 25.0. The first-order valence-corrected chi connectivity index (χ1v) is 12.7. The SMILES string of the molecule is CCOC(=O)Cc1ccc(Cc2cc(N3CCN(C(=O)OC(C)(C)C)CC3)nc3c2CCC3)cc1. The summed E-state index contributed by atoms with van der Waals surface area (Å²) in [5, 5.41) is 0. The Morgan fingerprint density at radius 2 is 1.69 bits per heavy atom. The van der Waals surface area contributed by atoms with Gasteiger partial charge in [-0.25, -0.2) is 9.78 Å². The molecule has 4 rings (SSSR count). The minimum Gasteiger partial charge on any atom is -0.466 e. The van der Waals surface area contributed by atoms with Crippen LogP contribution in [-0.4, -0.2) is 60.3 Å². The van der Waals surface area contributed by atoms with E-state index in [-0.39, 0.29) is 12.1 Å². The van der Waals surface area contributed by atoms with Gasteiger partial charge in [-0.3, -0.25) is 4.79 Å². The maximum atomic E-state index is 12.4. The second kappa shape index (κ2) is 10.7. The van der Waals surface area contributed by atoms with E-state index in [9.17, 15) is 9.59 Å². The number of carbonyl (C=O) groups excluding carboxylic acids is 2. The summed E-state index contributed by atoms with van der Waals surface area (Å²) in [6.07, 6.45) is 4.14. The van der Waals surface area contributed by atoms with Crippen LogP contribution in [0.4, 0.5) is 10.6 Å². The second-order valence-corrected chi connectivity index (χ2v) is 10.3. The summed E-state index contributed by atoms with van der Waals surface area (Å²) < 4.78 is 10.6. The molecule has 1 fully saturated rings. The molecular weight excluding hydrogens is 442 g/mol. The lowest BCUT2D eigenvalue weighted by Gasteiger charge is -2.36. The van der Waals surface area contributed by atoms with Crippen LogP contribution in [0.2, 0.25) is 0 Å². The Balaban J connectivity index is 1.44. The summed E-state index contributed by atoms with van der Waals surface area (Å²) in [5.41, 5.74) is 5.63. The van der Waals surface area contributed by atoms with Crippen LogP contribution in [0.3, 0.4) is 0 Å². The molecule has 1 aromatic heterocycles. The molecule has 0 radical (unpaired) electrons. The number of nitrogens with zero attached hydrogens (tertiary/aromatic N) is 3. The van der Waals surface area contributed by atoms with E-state index in [1.54, 1.807) is 4.90 Å². The highest BCUT2D eigenvalue weighted by atomic mass is 16.6. The molecule has 0 spiro atoms. The molecule has 1 saturated heterocycles. The van der Waals surface area contributed by atoms with Gasteiger partial charge in [0.05, 0.1) is 13.0 Å². The molecule has 1 aliphatic carbocycles. The van der Waals surface area contributed by atoms with Crippen LogP contribution in [-0.2, 0) is 40.0 Å². The summed E-state index contributed by atoms with van der Waals surface area (Å²) in [6, 6.07) is 10.5. The molecule has 2 heterocycles. The van der Waals surface area contributed by atoms with Crippen molar-refractivity contribution < 1.29 is 19.1 Å². The van der Waals surface area contributed by atoms with Crippen LogP contribution in [0, 0.1) is 0 Å². The van der Waals surface area contributed by atoms with Crippen LogP contribution < -0.4 is 4.90 Å². The molecular formula is C28H37N3O4. The van der Waals surface area contributed by atoms with Gasteiger partial charge in [0.1, 0.15) is 11.4 Å². The van der Waals surface area contributed by atoms with E-state index in [2.05, 4.69) is 23.1 Å². The molecule has 0 atom stereocenters. The number of aryl methyl sites for hydroxylation is 1. The molecule has 0 unspecified atom stereocenters. The molecule has 0 N–H and O–H groups in total. The van der Waals surface area contributed by atoms with E-state index >= 15 is 0 Å². The van der Waals surface area contributed by atoms with Crippen molar-refractivity contribution in [1.82, 2.24) is 9.88 Å². The fourth-order valence-electron chi connectivity index (χ4n) is 4.75. The third-order valence-corrected chi connectivity index (χ3v) is 6.46. The third-order valence-electron chi connectivity index (χ3n) is 6.46. The van der Waals surface area contributed by atoms with Gasteiger partial charge in [0.2, 0.25) is 0 Å². The van der Waals surface area contributed by atoms with Gasteiger partial charge in [-0.1, -0.05) is 24.3 Å². The first-order valence-electron chi connectivity index (χ1n) is 12.7. The fourth-order valence-corrected chi connectivity index (χ4v) is 4.75. The van der Waals surface area contributed by atoms with Crippen LogP contribution >= 0.6 is 0 Å². The van der Waals surface area contributed by atoms with Crippen molar-refractivity contribution in [3.05, 3.63) is 58.3 Å². The van der Waals surface area contributed by atoms with E-state index in [1.165, 1.54) is 22.4 Å². The van der Waals surface area contributed by atoms with E-state index < -0.39 is 5.60 Å². The zero-order valence-electron chi connectivity index (χ0n) is 21.4. The van der Waals surface area contributed by atoms with Crippen LogP contribution in [0.1, 0.15) is 62.1 Å². The predicted octanol–water partition coefficient (Wildman–Crippen LogP) is 4.32. The topological polar surface area (TPSA) is 72.0 Å². The fraction of sp³-hybridized carbons (Fsp3) is 0.536. The molecule has 1 amide bonds. The monoisotopic (exact) mass is 479 g/mol. The zero-order valence-corrected chi connectivity index (χ0v) is 21.4. The summed E-state index contributed by atoms with van der Waals surface area (Å²) in [7, 11) is 0. The minimum atomic E-state index is -0.484. The summed E-state index contributed by atoms with van der Waals surface area (Å²) >= 11 is 0. The van der Waals surface area contributed by atoms with Gasteiger partial charge in [0, 0.05) is 31.9 Å². The largest absolute Gasteiger partial charge is 0.466 e. The normalized spacial score (nSPS) is 15.7. The lowest BCUT2D eigenvalue weighted by molar-refractivity contribution is -0.142. The predicted molar refractivity (Wildman–Crippen MR) is 136 cm³/mol. The number of rotatable bonds is 6. The van der Waals surface area contributed by atoms with Gasteiger partial charge in [-0.05, 0) is 81.7 Å². The van der Waals surface area contributed by atoms with Crippen molar-refractivity contribution >= 4 is 17.9 Å². The molecule has 0 bridgehead atoms. The molecule has 7 heteroatoms. The van der Waals surface area contributed by atoms with Crippen molar-refractivity contribution in [2.75, 3.05) is 37.7 Å². The van der Waals surface area contributed by atoms with Crippen molar-refractivity contribution in [3.63, 3.8) is 0 Å². The molecule has 35 heavy (non-hydrogen) atoms. The molecule has 2 aromatic rings. The molecule has 188 valence electrons. The van der Waals surface area contributed by atoms with Crippen molar-refractivity contribution in [3.8, 4) is 0 Å². The number of piperazine rings is 1. The Morgan fingerprint density at radius 3 is 2.34 bits per heavy atom. The van der Waals surface area contributed by atoms with Gasteiger partial charge in [-0.15, -0.1) is 0 Å². The first kappa shape index (κ1) is 25.0. The highest BCUT2D eigenvalue weighted by molar-refractivity contribution is 5.72. The Labute approximate surface area is 208 Å². The number of benzene rings is 1. The quantitative estimate of drug-likeness (QED) is 0.575. The second-order valence-electron chi connectivity index (χ2n) is 10.3. The minimum absolute atomic E-state index is 0.191. The van der Waals surface area contributed by atoms with Crippen LogP contribution in [0.15, 0.2) is 30.3 Å². The van der Waals surface area contributed by atoms with Crippen LogP contribution in [0.5, 0.6) is 0 Å². The number of ether oxygens (including phenoxy) is 2. The Bertz CT molecular complexity index is 1050. The van der Waals surface area contributed by atoms with Crippen LogP contribution in [0.25, 0.3) is 0 Å². The standard InChI is InChI=1S/C28H37N3O4/c1-5-34-26(32)18-21-11-9-20(10-12-21)17-22-19-25(29-24-8-6-7-23(22)24)30-13-15-31(16-14-30)27(33)35-28(2,3)4/h9-12,19H,5-8,13-18H2,1-4H3. The third kappa shape index (κ3) is 6.53. The smallest absolute Gasteiger partial charge is 0.410 e. The number of amides is 1. The number of fused-ring (bicyclic) bond motifs is 1. The summed E-state index contributed by atoms with van der Waals surface area (Å²) in [4.78, 5) is 33.3. The number of carbonyl (C=O) groups is 2. The molecule has 2 aliphatic rings. The molecule has 7 nitrogen and oxygen atoms in total. The maximum absolute atomic E-state index is 12.4. The Kier molecular flexibility index (Phi) is 7.63. The van der Waals surface area contributed by atoms with E-state index in [0.717, 1.165) is 50.2 Å². The van der Waals surface area contributed by atoms with E-state index in [4.69, 9.17) is 14.5 Å². The lowest BCUT2D eigenvalue weighted by atomic mass is 9.98. The summed E-state index contributed by atoms with van der Waals surface area (Å²) in [5.74, 6) is 0.812. The Hall–Kier alpha value is -3.09. The average molecular weight is 480 g/mol. The van der Waals surface area contributed by atoms with Gasteiger partial charge in [-0.2, -0.15) is 0 Å². The number of hydrogen-bond acceptors (Lipinski definition) is 6. The van der Waals surface area contributed by atoms with E-state index in [1.807, 2.05) is 39.8 Å². The first-order chi connectivity index (χ1) is 16.7. The van der Waals surface area contributed by atoms with Gasteiger partial charge in [0.25, 0.3) is 0 Å². The molecule has 1 aromatic carbocycles.